The molecule has 0 radical (unpaired) electrons. The van der Waals surface area contributed by atoms with Gasteiger partial charge in [-0.15, -0.1) is 0 Å². The number of nitrogens with zero attached hydrogens (tertiary/aromatic N) is 4. The maximum Gasteiger partial charge on any atom is 0.225 e. The predicted molar refractivity (Wildman–Crippen MR) is 89.5 cm³/mol. The van der Waals surface area contributed by atoms with Crippen LogP contribution in [0.25, 0.3) is 0 Å². The quantitative estimate of drug-likeness (QED) is 0.828. The lowest BCUT2D eigenvalue weighted by atomic mass is 10.2. The summed E-state index contributed by atoms with van der Waals surface area (Å²) in [6, 6.07) is 5.64. The molecule has 1 aromatic rings. The Kier molecular flexibility index (Phi) is 6.53. The first-order valence-corrected chi connectivity index (χ1v) is 8.18. The summed E-state index contributed by atoms with van der Waals surface area (Å²) in [6.07, 6.45) is 1.16. The smallest absolute Gasteiger partial charge is 0.225 e. The van der Waals surface area contributed by atoms with E-state index in [1.54, 1.807) is 19.2 Å². The third-order valence-corrected chi connectivity index (χ3v) is 3.92. The lowest BCUT2D eigenvalue weighted by Crippen LogP contribution is -2.49. The maximum atomic E-state index is 12.3. The third-order valence-electron chi connectivity index (χ3n) is 3.92. The summed E-state index contributed by atoms with van der Waals surface area (Å²) in [5, 5.41) is 18.0. The lowest BCUT2D eigenvalue weighted by Gasteiger charge is -2.35. The molecule has 0 bridgehead atoms. The second-order valence-electron chi connectivity index (χ2n) is 6.08. The molecule has 2 rings (SSSR count). The van der Waals surface area contributed by atoms with Crippen molar-refractivity contribution in [2.45, 2.75) is 32.5 Å². The van der Waals surface area contributed by atoms with Gasteiger partial charge in [-0.1, -0.05) is 0 Å². The van der Waals surface area contributed by atoms with Crippen molar-refractivity contribution in [1.29, 1.82) is 5.26 Å². The van der Waals surface area contributed by atoms with E-state index >= 15 is 0 Å². The fourth-order valence-corrected chi connectivity index (χ4v) is 2.56. The minimum Gasteiger partial charge on any atom is -0.391 e. The van der Waals surface area contributed by atoms with Gasteiger partial charge in [0.15, 0.2) is 0 Å². The molecule has 1 aliphatic heterocycles. The summed E-state index contributed by atoms with van der Waals surface area (Å²) >= 11 is 0. The van der Waals surface area contributed by atoms with Crippen molar-refractivity contribution in [2.75, 3.05) is 37.7 Å². The Morgan fingerprint density at radius 1 is 1.38 bits per heavy atom. The number of rotatable bonds is 6. The number of pyridine rings is 1. The molecule has 2 heterocycles. The topological polar surface area (TPSA) is 89.7 Å². The molecule has 0 aromatic carbocycles. The highest BCUT2D eigenvalue weighted by atomic mass is 16.5. The van der Waals surface area contributed by atoms with Crippen molar-refractivity contribution >= 4 is 11.7 Å². The van der Waals surface area contributed by atoms with Gasteiger partial charge in [0.05, 0.1) is 30.8 Å². The summed E-state index contributed by atoms with van der Waals surface area (Å²) in [7, 11) is 0. The molecule has 0 spiro atoms. The van der Waals surface area contributed by atoms with Crippen molar-refractivity contribution < 1.29 is 14.6 Å². The van der Waals surface area contributed by atoms with E-state index < -0.39 is 6.10 Å². The van der Waals surface area contributed by atoms with Crippen LogP contribution in [-0.4, -0.2) is 65.9 Å². The molecule has 24 heavy (non-hydrogen) atoms. The molecule has 1 fully saturated rings. The van der Waals surface area contributed by atoms with Gasteiger partial charge >= 0.3 is 0 Å². The predicted octanol–water partition coefficient (Wildman–Crippen LogP) is 0.778. The van der Waals surface area contributed by atoms with E-state index in [0.717, 1.165) is 5.82 Å². The second-order valence-corrected chi connectivity index (χ2v) is 6.08. The highest BCUT2D eigenvalue weighted by Gasteiger charge is 2.23. The fraction of sp³-hybridized carbons (Fsp3) is 0.588. The van der Waals surface area contributed by atoms with E-state index in [0.29, 0.717) is 38.2 Å². The van der Waals surface area contributed by atoms with Crippen molar-refractivity contribution in [3.05, 3.63) is 23.9 Å². The maximum absolute atomic E-state index is 12.3. The number of hydrogen-bond acceptors (Lipinski definition) is 6. The van der Waals surface area contributed by atoms with Crippen LogP contribution in [0.4, 0.5) is 5.82 Å². The van der Waals surface area contributed by atoms with Crippen LogP contribution in [0.2, 0.25) is 0 Å². The normalized spacial score (nSPS) is 17.2. The van der Waals surface area contributed by atoms with Crippen LogP contribution in [-0.2, 0) is 9.53 Å². The molecule has 0 aliphatic carbocycles. The number of amides is 1. The van der Waals surface area contributed by atoms with Crippen LogP contribution < -0.4 is 4.90 Å². The van der Waals surface area contributed by atoms with Crippen molar-refractivity contribution in [3.8, 4) is 6.07 Å². The Hall–Kier alpha value is -2.17. The Bertz CT molecular complexity index is 574. The van der Waals surface area contributed by atoms with Gasteiger partial charge in [-0.05, 0) is 26.0 Å². The van der Waals surface area contributed by atoms with Crippen LogP contribution in [0.15, 0.2) is 18.3 Å². The number of aliphatic hydroxyl groups excluding tert-OH is 1. The van der Waals surface area contributed by atoms with Crippen molar-refractivity contribution in [2.24, 2.45) is 0 Å². The number of anilines is 1. The molecular weight excluding hydrogens is 308 g/mol. The van der Waals surface area contributed by atoms with Crippen LogP contribution in [0.3, 0.4) is 0 Å². The number of carbonyl (C=O) groups excluding carboxylic acids is 1. The molecule has 130 valence electrons. The minimum atomic E-state index is -0.522. The number of nitriles is 1. The zero-order chi connectivity index (χ0) is 17.5. The number of piperazine rings is 1. The first-order chi connectivity index (χ1) is 11.5. The number of aromatic nitrogens is 1. The number of carbonyl (C=O) groups is 1. The third kappa shape index (κ3) is 5.18. The average molecular weight is 332 g/mol. The molecule has 2 atom stereocenters. The van der Waals surface area contributed by atoms with Crippen LogP contribution in [0.5, 0.6) is 0 Å². The molecule has 1 saturated heterocycles. The minimum absolute atomic E-state index is 0.0699. The van der Waals surface area contributed by atoms with E-state index in [9.17, 15) is 9.90 Å². The van der Waals surface area contributed by atoms with E-state index in [1.165, 1.54) is 0 Å². The molecule has 1 unspecified atom stereocenters. The molecular formula is C17H24N4O3. The molecule has 0 saturated carbocycles. The first kappa shape index (κ1) is 18.2. The van der Waals surface area contributed by atoms with Crippen molar-refractivity contribution in [3.63, 3.8) is 0 Å². The first-order valence-electron chi connectivity index (χ1n) is 8.18. The van der Waals surface area contributed by atoms with Gasteiger partial charge < -0.3 is 19.6 Å². The zero-order valence-electron chi connectivity index (χ0n) is 14.2. The Balaban J connectivity index is 1.79. The summed E-state index contributed by atoms with van der Waals surface area (Å²) < 4.78 is 5.43. The van der Waals surface area contributed by atoms with Gasteiger partial charge in [-0.25, -0.2) is 4.98 Å². The van der Waals surface area contributed by atoms with E-state index in [1.807, 2.05) is 17.9 Å². The van der Waals surface area contributed by atoms with E-state index in [-0.39, 0.29) is 18.6 Å². The van der Waals surface area contributed by atoms with E-state index in [2.05, 4.69) is 16.0 Å². The highest BCUT2D eigenvalue weighted by Crippen LogP contribution is 2.15. The molecule has 1 amide bonds. The van der Waals surface area contributed by atoms with E-state index in [4.69, 9.17) is 10.00 Å². The van der Waals surface area contributed by atoms with Crippen LogP contribution in [0.1, 0.15) is 25.8 Å². The Labute approximate surface area is 142 Å². The van der Waals surface area contributed by atoms with Gasteiger partial charge in [0.1, 0.15) is 11.9 Å². The number of aliphatic hydroxyl groups is 1. The Morgan fingerprint density at radius 2 is 2.08 bits per heavy atom. The second kappa shape index (κ2) is 8.62. The van der Waals surface area contributed by atoms with Gasteiger partial charge in [0, 0.05) is 32.4 Å². The molecule has 1 N–H and O–H groups in total. The summed E-state index contributed by atoms with van der Waals surface area (Å²) in [5.41, 5.74) is 0.541. The van der Waals surface area contributed by atoms with Crippen molar-refractivity contribution in [1.82, 2.24) is 9.88 Å². The van der Waals surface area contributed by atoms with Gasteiger partial charge in [-0.3, -0.25) is 4.79 Å². The van der Waals surface area contributed by atoms with Crippen LogP contribution >= 0.6 is 0 Å². The standard InChI is InChI=1S/C17H24N4O3/c1-13(22)12-24-14(2)9-17(23)21-7-5-20(6-8-21)16-4-3-15(10-18)11-19-16/h3-4,11,13-14,22H,5-9,12H2,1-2H3/t13-,14?/m1/s1. The summed E-state index contributed by atoms with van der Waals surface area (Å²) in [6.45, 7) is 6.46. The fourth-order valence-electron chi connectivity index (χ4n) is 2.56. The molecule has 1 aromatic heterocycles. The monoisotopic (exact) mass is 332 g/mol. The summed E-state index contributed by atoms with van der Waals surface area (Å²) in [4.78, 5) is 20.5. The van der Waals surface area contributed by atoms with Gasteiger partial charge in [0.2, 0.25) is 5.91 Å². The molecule has 7 nitrogen and oxygen atoms in total. The van der Waals surface area contributed by atoms with Gasteiger partial charge in [-0.2, -0.15) is 5.26 Å². The zero-order valence-corrected chi connectivity index (χ0v) is 14.2. The molecule has 7 heteroatoms. The number of ether oxygens (including phenoxy) is 1. The lowest BCUT2D eigenvalue weighted by molar-refractivity contribution is -0.134. The van der Waals surface area contributed by atoms with Gasteiger partial charge in [0.25, 0.3) is 0 Å². The number of hydrogen-bond donors (Lipinski definition) is 1. The Morgan fingerprint density at radius 3 is 2.62 bits per heavy atom. The largest absolute Gasteiger partial charge is 0.391 e. The van der Waals surface area contributed by atoms with Crippen LogP contribution in [0, 0.1) is 11.3 Å². The average Bonchev–Trinajstić information content (AvgIpc) is 2.60. The summed E-state index contributed by atoms with van der Waals surface area (Å²) in [5.74, 6) is 0.898. The SMILES string of the molecule is CC(CC(=O)N1CCN(c2ccc(C#N)cn2)CC1)OC[C@@H](C)O. The highest BCUT2D eigenvalue weighted by molar-refractivity contribution is 5.77. The molecule has 1 aliphatic rings.